The number of allylic oxidation sites excluding steroid dienone is 1. The van der Waals surface area contributed by atoms with E-state index < -0.39 is 0 Å². The second-order valence-corrected chi connectivity index (χ2v) is 4.34. The smallest absolute Gasteiger partial charge is 0.330 e. The summed E-state index contributed by atoms with van der Waals surface area (Å²) in [5.74, 6) is -0.369. The number of fused-ring (bicyclic) bond motifs is 1. The lowest BCUT2D eigenvalue weighted by atomic mass is 10.00. The van der Waals surface area contributed by atoms with E-state index in [2.05, 4.69) is 22.9 Å². The van der Waals surface area contributed by atoms with Crippen molar-refractivity contribution in [2.75, 3.05) is 7.11 Å². The van der Waals surface area contributed by atoms with Crippen LogP contribution in [0.2, 0.25) is 0 Å². The van der Waals surface area contributed by atoms with Crippen molar-refractivity contribution in [1.82, 2.24) is 0 Å². The largest absolute Gasteiger partial charge is 0.466 e. The summed E-state index contributed by atoms with van der Waals surface area (Å²) < 4.78 is 4.53. The minimum absolute atomic E-state index is 0.165. The van der Waals surface area contributed by atoms with Crippen molar-refractivity contribution >= 4 is 11.5 Å². The zero-order chi connectivity index (χ0) is 13.0. The van der Waals surface area contributed by atoms with E-state index in [1.165, 1.54) is 29.9 Å². The van der Waals surface area contributed by atoms with Gasteiger partial charge >= 0.3 is 5.97 Å². The molecule has 0 unspecified atom stereocenters. The van der Waals surface area contributed by atoms with Gasteiger partial charge in [0, 0.05) is 12.1 Å². The van der Waals surface area contributed by atoms with Crippen LogP contribution in [-0.2, 0) is 16.0 Å². The Morgan fingerprint density at radius 2 is 2.28 bits per heavy atom. The molecule has 3 heteroatoms. The zero-order valence-electron chi connectivity index (χ0n) is 10.4. The van der Waals surface area contributed by atoms with Crippen molar-refractivity contribution in [2.24, 2.45) is 5.73 Å². The molecule has 0 fully saturated rings. The number of esters is 1. The molecular formula is C15H17NO2. The number of methoxy groups -OCH3 is 1. The van der Waals surface area contributed by atoms with Crippen LogP contribution in [0.1, 0.15) is 17.5 Å². The Hall–Kier alpha value is -1.87. The lowest BCUT2D eigenvalue weighted by Gasteiger charge is -2.09. The summed E-state index contributed by atoms with van der Waals surface area (Å²) in [5, 5.41) is 0. The van der Waals surface area contributed by atoms with Crippen molar-refractivity contribution in [1.29, 1.82) is 0 Å². The predicted octanol–water partition coefficient (Wildman–Crippen LogP) is 2.07. The maximum atomic E-state index is 11.0. The highest BCUT2D eigenvalue weighted by Crippen LogP contribution is 2.30. The predicted molar refractivity (Wildman–Crippen MR) is 71.9 cm³/mol. The van der Waals surface area contributed by atoms with Crippen LogP contribution in [0.4, 0.5) is 0 Å². The Morgan fingerprint density at radius 3 is 3.06 bits per heavy atom. The number of ether oxygens (including phenoxy) is 1. The van der Waals surface area contributed by atoms with Crippen LogP contribution in [0.3, 0.4) is 0 Å². The van der Waals surface area contributed by atoms with Crippen molar-refractivity contribution in [2.45, 2.75) is 18.9 Å². The molecular weight excluding hydrogens is 226 g/mol. The SMILES string of the molecule is COC(=O)/C=C/[C@H](N)CC1=CCc2ccccc21. The first-order valence-corrected chi connectivity index (χ1v) is 5.99. The first-order valence-electron chi connectivity index (χ1n) is 5.99. The van der Waals surface area contributed by atoms with Gasteiger partial charge in [0.1, 0.15) is 0 Å². The molecule has 1 aromatic rings. The third-order valence-electron chi connectivity index (χ3n) is 3.07. The quantitative estimate of drug-likeness (QED) is 0.650. The van der Waals surface area contributed by atoms with E-state index in [0.29, 0.717) is 0 Å². The summed E-state index contributed by atoms with van der Waals surface area (Å²) in [7, 11) is 1.36. The zero-order valence-corrected chi connectivity index (χ0v) is 10.4. The third kappa shape index (κ3) is 2.87. The number of nitrogens with two attached hydrogens (primary N) is 1. The van der Waals surface area contributed by atoms with Crippen LogP contribution in [0.25, 0.3) is 5.57 Å². The summed E-state index contributed by atoms with van der Waals surface area (Å²) >= 11 is 0. The van der Waals surface area contributed by atoms with Gasteiger partial charge in [0.15, 0.2) is 0 Å². The van der Waals surface area contributed by atoms with E-state index in [0.717, 1.165) is 12.8 Å². The van der Waals surface area contributed by atoms with Crippen LogP contribution in [0.5, 0.6) is 0 Å². The van der Waals surface area contributed by atoms with Crippen molar-refractivity contribution in [3.05, 3.63) is 53.6 Å². The minimum Gasteiger partial charge on any atom is -0.466 e. The third-order valence-corrected chi connectivity index (χ3v) is 3.07. The fourth-order valence-corrected chi connectivity index (χ4v) is 2.14. The maximum absolute atomic E-state index is 11.0. The fraction of sp³-hybridized carbons (Fsp3) is 0.267. The molecule has 2 rings (SSSR count). The van der Waals surface area contributed by atoms with E-state index >= 15 is 0 Å². The molecule has 0 radical (unpaired) electrons. The van der Waals surface area contributed by atoms with Gasteiger partial charge < -0.3 is 10.5 Å². The van der Waals surface area contributed by atoms with E-state index in [4.69, 9.17) is 5.73 Å². The molecule has 94 valence electrons. The van der Waals surface area contributed by atoms with Gasteiger partial charge in [-0.05, 0) is 29.5 Å². The Bertz CT molecular complexity index is 503. The van der Waals surface area contributed by atoms with Crippen LogP contribution in [0, 0.1) is 0 Å². The minimum atomic E-state index is -0.369. The maximum Gasteiger partial charge on any atom is 0.330 e. The Labute approximate surface area is 107 Å². The molecule has 3 nitrogen and oxygen atoms in total. The lowest BCUT2D eigenvalue weighted by molar-refractivity contribution is -0.134. The molecule has 1 aliphatic rings. The standard InChI is InChI=1S/C15H17NO2/c1-18-15(17)9-8-13(16)10-12-7-6-11-4-2-3-5-14(11)12/h2-5,7-9,13H,6,10,16H2,1H3/b9-8+/t13-/m0/s1. The monoisotopic (exact) mass is 243 g/mol. The van der Waals surface area contributed by atoms with Gasteiger partial charge in [-0.3, -0.25) is 0 Å². The molecule has 0 spiro atoms. The molecule has 1 aromatic carbocycles. The summed E-state index contributed by atoms with van der Waals surface area (Å²) in [6, 6.07) is 8.17. The first kappa shape index (κ1) is 12.6. The van der Waals surface area contributed by atoms with Gasteiger partial charge in [-0.15, -0.1) is 0 Å². The summed E-state index contributed by atoms with van der Waals surface area (Å²) in [5.41, 5.74) is 9.86. The Balaban J connectivity index is 1.99. The molecule has 0 saturated carbocycles. The topological polar surface area (TPSA) is 52.3 Å². The van der Waals surface area contributed by atoms with Crippen LogP contribution >= 0.6 is 0 Å². The lowest BCUT2D eigenvalue weighted by Crippen LogP contribution is -2.17. The number of carbonyl (C=O) groups excluding carboxylic acids is 1. The molecule has 1 aliphatic carbocycles. The molecule has 0 aliphatic heterocycles. The van der Waals surface area contributed by atoms with E-state index in [1.54, 1.807) is 6.08 Å². The van der Waals surface area contributed by atoms with Crippen LogP contribution < -0.4 is 5.73 Å². The second kappa shape index (κ2) is 5.65. The van der Waals surface area contributed by atoms with Gasteiger partial charge in [0.25, 0.3) is 0 Å². The van der Waals surface area contributed by atoms with Crippen LogP contribution in [0.15, 0.2) is 42.5 Å². The number of carbonyl (C=O) groups is 1. The average molecular weight is 243 g/mol. The number of benzene rings is 1. The Morgan fingerprint density at radius 1 is 1.50 bits per heavy atom. The molecule has 0 bridgehead atoms. The highest BCUT2D eigenvalue weighted by molar-refractivity contribution is 5.82. The van der Waals surface area contributed by atoms with E-state index in [9.17, 15) is 4.79 Å². The second-order valence-electron chi connectivity index (χ2n) is 4.34. The highest BCUT2D eigenvalue weighted by Gasteiger charge is 2.14. The molecule has 2 N–H and O–H groups in total. The van der Waals surface area contributed by atoms with Crippen molar-refractivity contribution < 1.29 is 9.53 Å². The molecule has 18 heavy (non-hydrogen) atoms. The number of hydrogen-bond donors (Lipinski definition) is 1. The van der Waals surface area contributed by atoms with Gasteiger partial charge in [-0.25, -0.2) is 4.79 Å². The number of rotatable bonds is 4. The first-order chi connectivity index (χ1) is 8.70. The summed E-state index contributed by atoms with van der Waals surface area (Å²) in [6.45, 7) is 0. The average Bonchev–Trinajstić information content (AvgIpc) is 2.79. The molecule has 0 saturated heterocycles. The normalized spacial score (nSPS) is 15.3. The highest BCUT2D eigenvalue weighted by atomic mass is 16.5. The number of hydrogen-bond acceptors (Lipinski definition) is 3. The van der Waals surface area contributed by atoms with Gasteiger partial charge in [-0.1, -0.05) is 36.4 Å². The molecule has 0 amide bonds. The van der Waals surface area contributed by atoms with Crippen LogP contribution in [-0.4, -0.2) is 19.1 Å². The van der Waals surface area contributed by atoms with Crippen molar-refractivity contribution in [3.8, 4) is 0 Å². The van der Waals surface area contributed by atoms with E-state index in [1.807, 2.05) is 12.1 Å². The summed E-state index contributed by atoms with van der Waals surface area (Å²) in [6.07, 6.45) is 6.99. The molecule has 1 atom stereocenters. The molecule has 0 aromatic heterocycles. The Kier molecular flexibility index (Phi) is 3.95. The van der Waals surface area contributed by atoms with Crippen molar-refractivity contribution in [3.63, 3.8) is 0 Å². The van der Waals surface area contributed by atoms with Gasteiger partial charge in [0.05, 0.1) is 7.11 Å². The fourth-order valence-electron chi connectivity index (χ4n) is 2.14. The van der Waals surface area contributed by atoms with Gasteiger partial charge in [0.2, 0.25) is 0 Å². The summed E-state index contributed by atoms with van der Waals surface area (Å²) in [4.78, 5) is 11.0. The molecule has 0 heterocycles. The van der Waals surface area contributed by atoms with E-state index in [-0.39, 0.29) is 12.0 Å². The van der Waals surface area contributed by atoms with Gasteiger partial charge in [-0.2, -0.15) is 0 Å².